The molecule has 0 radical (unpaired) electrons. The molecule has 0 aromatic heterocycles. The summed E-state index contributed by atoms with van der Waals surface area (Å²) in [6.07, 6.45) is 5.70. The number of hydrogen-bond acceptors (Lipinski definition) is 2. The summed E-state index contributed by atoms with van der Waals surface area (Å²) in [5.74, 6) is 0.591. The fraction of sp³-hybridized carbons (Fsp3) is 0.769. The van der Waals surface area contributed by atoms with Gasteiger partial charge < -0.3 is 5.21 Å². The Hall–Kier alpha value is -0.790. The molecule has 0 aromatic rings. The van der Waals surface area contributed by atoms with E-state index in [0.717, 1.165) is 12.1 Å². The lowest BCUT2D eigenvalue weighted by Crippen LogP contribution is -2.27. The number of hydrogen-bond donors (Lipinski definition) is 1. The Bertz CT molecular complexity index is 340. The van der Waals surface area contributed by atoms with Crippen molar-refractivity contribution in [3.63, 3.8) is 0 Å². The van der Waals surface area contributed by atoms with E-state index < -0.39 is 0 Å². The van der Waals surface area contributed by atoms with Crippen LogP contribution in [0.1, 0.15) is 47.0 Å². The lowest BCUT2D eigenvalue weighted by molar-refractivity contribution is 0.180. The number of nitrogens with zero attached hydrogens (tertiary/aromatic N) is 1. The van der Waals surface area contributed by atoms with Gasteiger partial charge in [-0.15, -0.1) is 0 Å². The van der Waals surface area contributed by atoms with Gasteiger partial charge in [-0.05, 0) is 41.6 Å². The second kappa shape index (κ2) is 3.10. The minimum absolute atomic E-state index is 0.304. The van der Waals surface area contributed by atoms with Crippen LogP contribution in [-0.2, 0) is 0 Å². The Balaban J connectivity index is 2.41. The van der Waals surface area contributed by atoms with E-state index in [1.54, 1.807) is 0 Å². The van der Waals surface area contributed by atoms with Gasteiger partial charge in [0.2, 0.25) is 0 Å². The molecule has 0 aliphatic heterocycles. The fourth-order valence-electron chi connectivity index (χ4n) is 3.39. The van der Waals surface area contributed by atoms with Crippen LogP contribution in [0.25, 0.3) is 0 Å². The largest absolute Gasteiger partial charge is 0.411 e. The normalized spacial score (nSPS) is 38.3. The highest BCUT2D eigenvalue weighted by molar-refractivity contribution is 6.01. The van der Waals surface area contributed by atoms with Gasteiger partial charge in [0.15, 0.2) is 0 Å². The molecule has 0 aromatic carbocycles. The average Bonchev–Trinajstić information content (AvgIpc) is 2.50. The van der Waals surface area contributed by atoms with Crippen LogP contribution in [0, 0.1) is 16.7 Å². The zero-order valence-corrected chi connectivity index (χ0v) is 10.2. The molecule has 84 valence electrons. The molecule has 2 bridgehead atoms. The van der Waals surface area contributed by atoms with Crippen molar-refractivity contribution in [2.75, 3.05) is 0 Å². The van der Waals surface area contributed by atoms with Crippen molar-refractivity contribution < 1.29 is 5.21 Å². The highest BCUT2D eigenvalue weighted by Gasteiger charge is 2.56. The first-order valence-electron chi connectivity index (χ1n) is 5.90. The molecule has 2 aliphatic carbocycles. The molecule has 1 N–H and O–H groups in total. The predicted molar refractivity (Wildman–Crippen MR) is 62.2 cm³/mol. The van der Waals surface area contributed by atoms with Gasteiger partial charge in [-0.2, -0.15) is 0 Å². The molecule has 2 atom stereocenters. The van der Waals surface area contributed by atoms with E-state index in [9.17, 15) is 0 Å². The molecular formula is C13H21NO. The van der Waals surface area contributed by atoms with Gasteiger partial charge in [-0.1, -0.05) is 38.9 Å². The minimum Gasteiger partial charge on any atom is -0.411 e. The second-order valence-corrected chi connectivity index (χ2v) is 5.73. The number of rotatable bonds is 2. The summed E-state index contributed by atoms with van der Waals surface area (Å²) in [5, 5.41) is 12.5. The molecule has 1 saturated carbocycles. The van der Waals surface area contributed by atoms with Gasteiger partial charge in [0.1, 0.15) is 0 Å². The van der Waals surface area contributed by atoms with Gasteiger partial charge in [0.25, 0.3) is 0 Å². The average molecular weight is 207 g/mol. The number of allylic oxidation sites excluding steroid dienone is 2. The number of oxime groups is 1. The smallest absolute Gasteiger partial charge is 0.0824 e. The molecule has 0 amide bonds. The molecule has 0 unspecified atom stereocenters. The van der Waals surface area contributed by atoms with Crippen LogP contribution in [0.2, 0.25) is 0 Å². The maximum absolute atomic E-state index is 9.02. The first-order chi connectivity index (χ1) is 6.96. The lowest BCUT2D eigenvalue weighted by Gasteiger charge is -2.34. The quantitative estimate of drug-likeness (QED) is 0.419. The van der Waals surface area contributed by atoms with Crippen LogP contribution in [0.5, 0.6) is 0 Å². The molecular weight excluding hydrogens is 186 g/mol. The highest BCUT2D eigenvalue weighted by Crippen LogP contribution is 2.64. The van der Waals surface area contributed by atoms with E-state index in [2.05, 4.69) is 38.9 Å². The van der Waals surface area contributed by atoms with Crippen LogP contribution in [0.3, 0.4) is 0 Å². The Morgan fingerprint density at radius 3 is 2.53 bits per heavy atom. The summed E-state index contributed by atoms with van der Waals surface area (Å²) in [7, 11) is 0. The topological polar surface area (TPSA) is 32.6 Å². The fourth-order valence-corrected chi connectivity index (χ4v) is 3.39. The summed E-state index contributed by atoms with van der Waals surface area (Å²) in [4.78, 5) is 0. The molecule has 2 heteroatoms. The summed E-state index contributed by atoms with van der Waals surface area (Å²) < 4.78 is 0. The van der Waals surface area contributed by atoms with Gasteiger partial charge in [0.05, 0.1) is 5.71 Å². The Morgan fingerprint density at radius 2 is 2.20 bits per heavy atom. The zero-order chi connectivity index (χ0) is 11.3. The summed E-state index contributed by atoms with van der Waals surface area (Å²) >= 11 is 0. The molecule has 0 heterocycles. The Kier molecular flexibility index (Phi) is 2.21. The van der Waals surface area contributed by atoms with Crippen molar-refractivity contribution in [3.05, 3.63) is 11.6 Å². The third kappa shape index (κ3) is 1.20. The highest BCUT2D eigenvalue weighted by atomic mass is 16.4. The first kappa shape index (κ1) is 10.7. The van der Waals surface area contributed by atoms with Crippen molar-refractivity contribution in [3.8, 4) is 0 Å². The standard InChI is InChI=1S/C13H21NO/c1-5-11(14-15)9-8-13(4)7-6-10(9)12(13,2)3/h8,10,15H,5-7H2,1-4H3/b14-11-/t10-,13-/m1/s1. The molecule has 2 aliphatic rings. The SMILES string of the molecule is CC/C(=N/O)C1=C[C@@]2(C)CC[C@H]1C2(C)C. The maximum Gasteiger partial charge on any atom is 0.0824 e. The summed E-state index contributed by atoms with van der Waals surface area (Å²) in [6.45, 7) is 9.08. The second-order valence-electron chi connectivity index (χ2n) is 5.73. The lowest BCUT2D eigenvalue weighted by atomic mass is 9.70. The van der Waals surface area contributed by atoms with E-state index in [0.29, 0.717) is 16.7 Å². The van der Waals surface area contributed by atoms with E-state index in [-0.39, 0.29) is 0 Å². The Labute approximate surface area is 92.1 Å². The predicted octanol–water partition coefficient (Wildman–Crippen LogP) is 3.61. The summed E-state index contributed by atoms with van der Waals surface area (Å²) in [5.41, 5.74) is 2.82. The minimum atomic E-state index is 0.304. The molecule has 0 spiro atoms. The van der Waals surface area contributed by atoms with E-state index >= 15 is 0 Å². The van der Waals surface area contributed by atoms with Crippen molar-refractivity contribution >= 4 is 5.71 Å². The third-order valence-electron chi connectivity index (χ3n) is 4.93. The van der Waals surface area contributed by atoms with Gasteiger partial charge in [-0.25, -0.2) is 0 Å². The number of fused-ring (bicyclic) bond motifs is 2. The Morgan fingerprint density at radius 1 is 1.53 bits per heavy atom. The van der Waals surface area contributed by atoms with Crippen molar-refractivity contribution in [1.29, 1.82) is 0 Å². The van der Waals surface area contributed by atoms with E-state index in [1.165, 1.54) is 18.4 Å². The molecule has 1 fully saturated rings. The van der Waals surface area contributed by atoms with Gasteiger partial charge in [-0.3, -0.25) is 0 Å². The van der Waals surface area contributed by atoms with Crippen molar-refractivity contribution in [2.24, 2.45) is 21.9 Å². The van der Waals surface area contributed by atoms with Crippen LogP contribution in [0.4, 0.5) is 0 Å². The van der Waals surface area contributed by atoms with Crippen molar-refractivity contribution in [1.82, 2.24) is 0 Å². The molecule has 2 nitrogen and oxygen atoms in total. The summed E-state index contributed by atoms with van der Waals surface area (Å²) in [6, 6.07) is 0. The van der Waals surface area contributed by atoms with E-state index in [1.807, 2.05) is 0 Å². The van der Waals surface area contributed by atoms with Gasteiger partial charge in [0, 0.05) is 0 Å². The van der Waals surface area contributed by atoms with Crippen molar-refractivity contribution in [2.45, 2.75) is 47.0 Å². The molecule has 2 rings (SSSR count). The molecule has 15 heavy (non-hydrogen) atoms. The third-order valence-corrected chi connectivity index (χ3v) is 4.93. The monoisotopic (exact) mass is 207 g/mol. The van der Waals surface area contributed by atoms with Crippen LogP contribution in [-0.4, -0.2) is 10.9 Å². The van der Waals surface area contributed by atoms with Crippen LogP contribution >= 0.6 is 0 Å². The first-order valence-corrected chi connectivity index (χ1v) is 5.90. The van der Waals surface area contributed by atoms with Crippen LogP contribution < -0.4 is 0 Å². The van der Waals surface area contributed by atoms with E-state index in [4.69, 9.17) is 5.21 Å². The maximum atomic E-state index is 9.02. The zero-order valence-electron chi connectivity index (χ0n) is 10.2. The molecule has 0 saturated heterocycles. The van der Waals surface area contributed by atoms with Crippen LogP contribution in [0.15, 0.2) is 16.8 Å². The van der Waals surface area contributed by atoms with Gasteiger partial charge >= 0.3 is 0 Å².